The molecule has 0 saturated carbocycles. The predicted octanol–water partition coefficient (Wildman–Crippen LogP) is 12.1. The van der Waals surface area contributed by atoms with Crippen molar-refractivity contribution in [2.75, 3.05) is 47.5 Å². The molecule has 10 heteroatoms. The molecule has 0 aromatic rings. The maximum Gasteiger partial charge on any atom is 0.306 e. The second-order valence-electron chi connectivity index (χ2n) is 16.4. The van der Waals surface area contributed by atoms with Gasteiger partial charge >= 0.3 is 11.9 Å². The molecule has 55 heavy (non-hydrogen) atoms. The van der Waals surface area contributed by atoms with Gasteiger partial charge in [0.25, 0.3) is 7.82 Å². The Morgan fingerprint density at radius 3 is 1.47 bits per heavy atom. The van der Waals surface area contributed by atoms with Crippen LogP contribution in [-0.4, -0.2) is 70.0 Å². The third-order valence-electron chi connectivity index (χ3n) is 9.72. The Hall–Kier alpha value is -1.51. The van der Waals surface area contributed by atoms with Gasteiger partial charge in [-0.1, -0.05) is 167 Å². The number of carbonyl (C=O) groups is 2. The molecule has 0 rings (SSSR count). The number of rotatable bonds is 41. The zero-order valence-electron chi connectivity index (χ0n) is 36.4. The molecule has 0 heterocycles. The van der Waals surface area contributed by atoms with Crippen molar-refractivity contribution < 1.29 is 42.1 Å². The largest absolute Gasteiger partial charge is 0.756 e. The zero-order valence-corrected chi connectivity index (χ0v) is 37.3. The summed E-state index contributed by atoms with van der Waals surface area (Å²) in [6.45, 7) is 4.21. The van der Waals surface area contributed by atoms with Crippen LogP contribution in [-0.2, 0) is 32.7 Å². The number of allylic oxidation sites excluding steroid dienone is 4. The van der Waals surface area contributed by atoms with Crippen molar-refractivity contribution in [1.82, 2.24) is 0 Å². The Bertz CT molecular complexity index is 996. The third kappa shape index (κ3) is 41.9. The van der Waals surface area contributed by atoms with Crippen LogP contribution in [0.2, 0.25) is 0 Å². The minimum Gasteiger partial charge on any atom is -0.756 e. The topological polar surface area (TPSA) is 111 Å². The highest BCUT2D eigenvalue weighted by Crippen LogP contribution is 2.38. The van der Waals surface area contributed by atoms with E-state index in [2.05, 4.69) is 38.2 Å². The number of hydrogen-bond donors (Lipinski definition) is 0. The highest BCUT2D eigenvalue weighted by atomic mass is 31.2. The molecule has 0 aromatic carbocycles. The second-order valence-corrected chi connectivity index (χ2v) is 17.8. The summed E-state index contributed by atoms with van der Waals surface area (Å²) in [6.07, 6.45) is 40.5. The molecule has 0 spiro atoms. The molecular weight excluding hydrogens is 713 g/mol. The standard InChI is InChI=1S/C45H86NO8P/c1-6-8-10-12-14-16-18-20-21-22-23-24-25-26-28-30-32-34-36-38-45(48)54-43(42-53-55(49,50)52-40-39-46(3,4)5)41-51-44(47)37-35-33-31-29-27-19-17-15-13-11-9-7-2/h14,16,20-21,43H,6-13,15,17-19,22-42H2,1-5H3/b16-14-,21-20-. The van der Waals surface area contributed by atoms with Crippen molar-refractivity contribution in [3.63, 3.8) is 0 Å². The molecule has 0 bridgehead atoms. The summed E-state index contributed by atoms with van der Waals surface area (Å²) in [5.41, 5.74) is 0. The Labute approximate surface area is 339 Å². The van der Waals surface area contributed by atoms with Crippen molar-refractivity contribution >= 4 is 19.8 Å². The van der Waals surface area contributed by atoms with Crippen LogP contribution >= 0.6 is 7.82 Å². The van der Waals surface area contributed by atoms with Gasteiger partial charge in [0.05, 0.1) is 27.7 Å². The van der Waals surface area contributed by atoms with E-state index in [0.29, 0.717) is 17.4 Å². The summed E-state index contributed by atoms with van der Waals surface area (Å²) < 4.78 is 33.9. The highest BCUT2D eigenvalue weighted by molar-refractivity contribution is 7.45. The Kier molecular flexibility index (Phi) is 37.0. The highest BCUT2D eigenvalue weighted by Gasteiger charge is 2.21. The maximum absolute atomic E-state index is 12.7. The molecule has 2 unspecified atom stereocenters. The lowest BCUT2D eigenvalue weighted by molar-refractivity contribution is -0.870. The average molecular weight is 800 g/mol. The molecule has 0 aliphatic heterocycles. The van der Waals surface area contributed by atoms with Gasteiger partial charge in [-0.2, -0.15) is 0 Å². The molecule has 324 valence electrons. The summed E-state index contributed by atoms with van der Waals surface area (Å²) in [7, 11) is 1.17. The van der Waals surface area contributed by atoms with Gasteiger partial charge in [-0.25, -0.2) is 0 Å². The van der Waals surface area contributed by atoms with Gasteiger partial charge < -0.3 is 27.9 Å². The quantitative estimate of drug-likeness (QED) is 0.0198. The Balaban J connectivity index is 4.31. The number of carbonyl (C=O) groups excluding carboxylic acids is 2. The zero-order chi connectivity index (χ0) is 40.7. The fraction of sp³-hybridized carbons (Fsp3) is 0.867. The molecule has 0 aliphatic carbocycles. The first kappa shape index (κ1) is 53.5. The minimum atomic E-state index is -4.62. The number of hydrogen-bond acceptors (Lipinski definition) is 8. The fourth-order valence-corrected chi connectivity index (χ4v) is 6.88. The first-order chi connectivity index (χ1) is 26.5. The van der Waals surface area contributed by atoms with Crippen LogP contribution in [0.15, 0.2) is 24.3 Å². The number of unbranched alkanes of at least 4 members (excludes halogenated alkanes) is 23. The first-order valence-electron chi connectivity index (χ1n) is 22.5. The van der Waals surface area contributed by atoms with E-state index in [1.54, 1.807) is 0 Å². The van der Waals surface area contributed by atoms with Crippen molar-refractivity contribution in [2.24, 2.45) is 0 Å². The normalized spacial score (nSPS) is 13.8. The molecule has 0 N–H and O–H groups in total. The number of ether oxygens (including phenoxy) is 2. The van der Waals surface area contributed by atoms with Gasteiger partial charge in [0.1, 0.15) is 19.8 Å². The first-order valence-corrected chi connectivity index (χ1v) is 24.0. The number of phosphoric acid groups is 1. The lowest BCUT2D eigenvalue weighted by Gasteiger charge is -2.28. The maximum atomic E-state index is 12.7. The van der Waals surface area contributed by atoms with Crippen molar-refractivity contribution in [1.29, 1.82) is 0 Å². The van der Waals surface area contributed by atoms with E-state index in [-0.39, 0.29) is 32.0 Å². The van der Waals surface area contributed by atoms with E-state index < -0.39 is 26.5 Å². The SMILES string of the molecule is CCCCC/C=C\C/C=C\CCCCCCCCCCCC(=O)OC(COC(=O)CCCCCCCCCCCCCC)COP(=O)([O-])OCC[N+](C)(C)C. The van der Waals surface area contributed by atoms with Crippen LogP contribution in [0.4, 0.5) is 0 Å². The van der Waals surface area contributed by atoms with E-state index in [1.807, 2.05) is 21.1 Å². The van der Waals surface area contributed by atoms with E-state index in [0.717, 1.165) is 51.4 Å². The molecule has 0 radical (unpaired) electrons. The van der Waals surface area contributed by atoms with Crippen LogP contribution in [0.1, 0.15) is 200 Å². The molecule has 9 nitrogen and oxygen atoms in total. The van der Waals surface area contributed by atoms with Crippen LogP contribution in [0.25, 0.3) is 0 Å². The summed E-state index contributed by atoms with van der Waals surface area (Å²) >= 11 is 0. The van der Waals surface area contributed by atoms with Crippen molar-refractivity contribution in [3.05, 3.63) is 24.3 Å². The molecule has 0 aliphatic rings. The molecular formula is C45H86NO8P. The van der Waals surface area contributed by atoms with Gasteiger partial charge in [-0.05, 0) is 44.9 Å². The smallest absolute Gasteiger partial charge is 0.306 e. The Morgan fingerprint density at radius 2 is 0.982 bits per heavy atom. The number of likely N-dealkylation sites (N-methyl/N-ethyl adjacent to an activating group) is 1. The predicted molar refractivity (Wildman–Crippen MR) is 227 cm³/mol. The van der Waals surface area contributed by atoms with Crippen LogP contribution in [0.3, 0.4) is 0 Å². The van der Waals surface area contributed by atoms with E-state index in [9.17, 15) is 19.0 Å². The van der Waals surface area contributed by atoms with E-state index in [1.165, 1.54) is 116 Å². The number of nitrogens with zero attached hydrogens (tertiary/aromatic N) is 1. The lowest BCUT2D eigenvalue weighted by atomic mass is 10.0. The van der Waals surface area contributed by atoms with E-state index >= 15 is 0 Å². The summed E-state index contributed by atoms with van der Waals surface area (Å²) in [5, 5.41) is 0. The van der Waals surface area contributed by atoms with Crippen LogP contribution in [0, 0.1) is 0 Å². The second kappa shape index (κ2) is 38.0. The van der Waals surface area contributed by atoms with Gasteiger partial charge in [0, 0.05) is 12.8 Å². The molecule has 0 fully saturated rings. The lowest BCUT2D eigenvalue weighted by Crippen LogP contribution is -2.37. The number of esters is 2. The molecule has 0 saturated heterocycles. The fourth-order valence-electron chi connectivity index (χ4n) is 6.16. The molecule has 2 atom stereocenters. The molecule has 0 amide bonds. The van der Waals surface area contributed by atoms with Crippen LogP contribution < -0.4 is 4.89 Å². The van der Waals surface area contributed by atoms with Gasteiger partial charge in [0.2, 0.25) is 0 Å². The third-order valence-corrected chi connectivity index (χ3v) is 10.7. The average Bonchev–Trinajstić information content (AvgIpc) is 3.13. The summed E-state index contributed by atoms with van der Waals surface area (Å²) in [6, 6.07) is 0. The summed E-state index contributed by atoms with van der Waals surface area (Å²) in [4.78, 5) is 37.5. The van der Waals surface area contributed by atoms with Crippen LogP contribution in [0.5, 0.6) is 0 Å². The number of phosphoric ester groups is 1. The van der Waals surface area contributed by atoms with Crippen molar-refractivity contribution in [3.8, 4) is 0 Å². The van der Waals surface area contributed by atoms with Gasteiger partial charge in [0.15, 0.2) is 6.10 Å². The monoisotopic (exact) mass is 800 g/mol. The van der Waals surface area contributed by atoms with Crippen molar-refractivity contribution in [2.45, 2.75) is 206 Å². The molecule has 0 aromatic heterocycles. The van der Waals surface area contributed by atoms with E-state index in [4.69, 9.17) is 18.5 Å². The number of quaternary nitrogens is 1. The Morgan fingerprint density at radius 1 is 0.564 bits per heavy atom. The van der Waals surface area contributed by atoms with Gasteiger partial charge in [-0.3, -0.25) is 14.2 Å². The van der Waals surface area contributed by atoms with Gasteiger partial charge in [-0.15, -0.1) is 0 Å². The minimum absolute atomic E-state index is 0.0298. The summed E-state index contributed by atoms with van der Waals surface area (Å²) in [5.74, 6) is -0.833.